The van der Waals surface area contributed by atoms with Crippen LogP contribution in [-0.4, -0.2) is 37.8 Å². The third-order valence-corrected chi connectivity index (χ3v) is 4.20. The number of hydrogen-bond acceptors (Lipinski definition) is 5. The van der Waals surface area contributed by atoms with Gasteiger partial charge in [-0.3, -0.25) is 9.59 Å². The Kier molecular flexibility index (Phi) is 6.03. The molecule has 142 valence electrons. The molecule has 27 heavy (non-hydrogen) atoms. The molecule has 1 aliphatic heterocycles. The van der Waals surface area contributed by atoms with E-state index in [9.17, 15) is 9.59 Å². The van der Waals surface area contributed by atoms with Crippen LogP contribution in [0.25, 0.3) is 0 Å². The van der Waals surface area contributed by atoms with E-state index in [2.05, 4.69) is 10.6 Å². The van der Waals surface area contributed by atoms with Gasteiger partial charge in [0.25, 0.3) is 5.91 Å². The first-order valence-electron chi connectivity index (χ1n) is 8.40. The van der Waals surface area contributed by atoms with Crippen LogP contribution in [0.5, 0.6) is 17.2 Å². The summed E-state index contributed by atoms with van der Waals surface area (Å²) >= 11 is 5.98. The smallest absolute Gasteiger partial charge is 0.253 e. The van der Waals surface area contributed by atoms with E-state index in [1.54, 1.807) is 49.4 Å². The summed E-state index contributed by atoms with van der Waals surface area (Å²) in [6, 6.07) is 11.2. The molecule has 3 rings (SSSR count). The summed E-state index contributed by atoms with van der Waals surface area (Å²) in [5.74, 6) is 1.21. The zero-order valence-electron chi connectivity index (χ0n) is 14.7. The van der Waals surface area contributed by atoms with Gasteiger partial charge in [0.1, 0.15) is 18.4 Å². The van der Waals surface area contributed by atoms with Gasteiger partial charge in [-0.1, -0.05) is 23.7 Å². The van der Waals surface area contributed by atoms with Crippen molar-refractivity contribution in [2.24, 2.45) is 0 Å². The zero-order valence-corrected chi connectivity index (χ0v) is 15.4. The summed E-state index contributed by atoms with van der Waals surface area (Å²) in [5.41, 5.74) is 0.324. The van der Waals surface area contributed by atoms with Crippen LogP contribution in [0.2, 0.25) is 5.02 Å². The number of ether oxygens (including phenoxy) is 3. The van der Waals surface area contributed by atoms with Crippen molar-refractivity contribution in [2.75, 3.05) is 19.9 Å². The van der Waals surface area contributed by atoms with E-state index in [0.29, 0.717) is 34.4 Å². The number of amides is 2. The number of hydrogen-bond donors (Lipinski definition) is 2. The van der Waals surface area contributed by atoms with Crippen molar-refractivity contribution in [1.29, 1.82) is 0 Å². The first kappa shape index (κ1) is 18.8. The molecule has 0 fully saturated rings. The van der Waals surface area contributed by atoms with Gasteiger partial charge in [-0.05, 0) is 31.2 Å². The topological polar surface area (TPSA) is 85.9 Å². The second-order valence-electron chi connectivity index (χ2n) is 5.83. The van der Waals surface area contributed by atoms with Crippen LogP contribution >= 0.6 is 11.6 Å². The van der Waals surface area contributed by atoms with E-state index < -0.39 is 11.9 Å². The third-order valence-electron chi connectivity index (χ3n) is 3.87. The van der Waals surface area contributed by atoms with E-state index >= 15 is 0 Å². The van der Waals surface area contributed by atoms with Crippen LogP contribution in [-0.2, 0) is 4.79 Å². The minimum absolute atomic E-state index is 0.201. The Bertz CT molecular complexity index is 843. The second-order valence-corrected chi connectivity index (χ2v) is 6.24. The summed E-state index contributed by atoms with van der Waals surface area (Å²) in [4.78, 5) is 24.3. The first-order chi connectivity index (χ1) is 13.0. The van der Waals surface area contributed by atoms with Gasteiger partial charge >= 0.3 is 0 Å². The van der Waals surface area contributed by atoms with E-state index in [1.165, 1.54) is 0 Å². The van der Waals surface area contributed by atoms with Crippen LogP contribution in [0.15, 0.2) is 42.5 Å². The van der Waals surface area contributed by atoms with Gasteiger partial charge in [0.05, 0.1) is 17.1 Å². The molecule has 2 aromatic carbocycles. The molecule has 1 atom stereocenters. The summed E-state index contributed by atoms with van der Waals surface area (Å²) in [5, 5.41) is 5.66. The Labute approximate surface area is 161 Å². The summed E-state index contributed by atoms with van der Waals surface area (Å²) in [7, 11) is 0. The lowest BCUT2D eigenvalue weighted by Crippen LogP contribution is -2.45. The summed E-state index contributed by atoms with van der Waals surface area (Å²) < 4.78 is 16.1. The van der Waals surface area contributed by atoms with Gasteiger partial charge in [0, 0.05) is 6.07 Å². The molecule has 0 radical (unpaired) electrons. The van der Waals surface area contributed by atoms with Crippen molar-refractivity contribution in [2.45, 2.75) is 13.0 Å². The lowest BCUT2D eigenvalue weighted by atomic mass is 10.2. The molecule has 1 heterocycles. The van der Waals surface area contributed by atoms with Gasteiger partial charge in [-0.25, -0.2) is 0 Å². The van der Waals surface area contributed by atoms with Crippen molar-refractivity contribution in [3.8, 4) is 17.2 Å². The molecule has 0 spiro atoms. The highest BCUT2D eigenvalue weighted by Crippen LogP contribution is 2.34. The fourth-order valence-corrected chi connectivity index (χ4v) is 2.67. The average Bonchev–Trinajstić information content (AvgIpc) is 3.13. The maximum atomic E-state index is 12.2. The van der Waals surface area contributed by atoms with Gasteiger partial charge < -0.3 is 24.8 Å². The summed E-state index contributed by atoms with van der Waals surface area (Å²) in [6.45, 7) is 2.37. The number of halogens is 1. The third kappa shape index (κ3) is 4.83. The number of carbonyl (C=O) groups excluding carboxylic acids is 2. The average molecular weight is 391 g/mol. The molecular formula is C19H19ClN2O5. The van der Waals surface area contributed by atoms with Crippen LogP contribution in [0.4, 0.5) is 0 Å². The highest BCUT2D eigenvalue weighted by molar-refractivity contribution is 6.33. The van der Waals surface area contributed by atoms with Crippen LogP contribution in [0.3, 0.4) is 0 Å². The van der Waals surface area contributed by atoms with E-state index in [4.69, 9.17) is 25.8 Å². The van der Waals surface area contributed by atoms with Gasteiger partial charge in [0.2, 0.25) is 12.7 Å². The Hall–Kier alpha value is -2.93. The normalized spacial score (nSPS) is 13.0. The molecule has 0 bridgehead atoms. The van der Waals surface area contributed by atoms with Gasteiger partial charge in [-0.2, -0.15) is 0 Å². The Morgan fingerprint density at radius 2 is 1.96 bits per heavy atom. The zero-order chi connectivity index (χ0) is 19.2. The number of fused-ring (bicyclic) bond motifs is 1. The molecule has 8 heteroatoms. The minimum atomic E-state index is -0.709. The highest BCUT2D eigenvalue weighted by Gasteiger charge is 2.18. The maximum absolute atomic E-state index is 12.2. The number of benzene rings is 2. The predicted molar refractivity (Wildman–Crippen MR) is 99.4 cm³/mol. The maximum Gasteiger partial charge on any atom is 0.253 e. The number of nitrogens with one attached hydrogen (secondary N) is 2. The molecule has 2 aromatic rings. The van der Waals surface area contributed by atoms with Gasteiger partial charge in [-0.15, -0.1) is 0 Å². The summed E-state index contributed by atoms with van der Waals surface area (Å²) in [6.07, 6.45) is 0. The quantitative estimate of drug-likeness (QED) is 0.709. The van der Waals surface area contributed by atoms with Crippen molar-refractivity contribution in [3.63, 3.8) is 0 Å². The van der Waals surface area contributed by atoms with Crippen molar-refractivity contribution in [1.82, 2.24) is 10.6 Å². The van der Waals surface area contributed by atoms with Crippen LogP contribution in [0.1, 0.15) is 17.3 Å². The van der Waals surface area contributed by atoms with Crippen molar-refractivity contribution < 1.29 is 23.8 Å². The second kappa shape index (κ2) is 8.64. The Balaban J connectivity index is 1.41. The fourth-order valence-electron chi connectivity index (χ4n) is 2.45. The van der Waals surface area contributed by atoms with Crippen LogP contribution in [0, 0.1) is 0 Å². The minimum Gasteiger partial charge on any atom is -0.492 e. The standard InChI is InChI=1S/C19H19ClN2O5/c1-12(22-19(24)14-4-2-3-5-15(14)20)18(23)21-8-9-25-13-6-7-16-17(10-13)27-11-26-16/h2-7,10,12H,8-9,11H2,1H3,(H,21,23)(H,22,24). The van der Waals surface area contributed by atoms with Crippen LogP contribution < -0.4 is 24.8 Å². The fraction of sp³-hybridized carbons (Fsp3) is 0.263. The molecule has 2 amide bonds. The van der Waals surface area contributed by atoms with E-state index in [1.807, 2.05) is 0 Å². The Morgan fingerprint density at radius 3 is 2.78 bits per heavy atom. The SMILES string of the molecule is CC(NC(=O)c1ccccc1Cl)C(=O)NCCOc1ccc2c(c1)OCO2. The van der Waals surface area contributed by atoms with E-state index in [-0.39, 0.29) is 19.3 Å². The molecule has 1 unspecified atom stereocenters. The molecule has 1 aliphatic rings. The van der Waals surface area contributed by atoms with Crippen molar-refractivity contribution in [3.05, 3.63) is 53.1 Å². The number of rotatable bonds is 7. The monoisotopic (exact) mass is 390 g/mol. The first-order valence-corrected chi connectivity index (χ1v) is 8.78. The largest absolute Gasteiger partial charge is 0.492 e. The molecule has 0 aromatic heterocycles. The highest BCUT2D eigenvalue weighted by atomic mass is 35.5. The molecule has 0 saturated heterocycles. The lowest BCUT2D eigenvalue weighted by Gasteiger charge is -2.15. The number of carbonyl (C=O) groups is 2. The molecule has 7 nitrogen and oxygen atoms in total. The molecular weight excluding hydrogens is 372 g/mol. The lowest BCUT2D eigenvalue weighted by molar-refractivity contribution is -0.122. The van der Waals surface area contributed by atoms with Crippen molar-refractivity contribution >= 4 is 23.4 Å². The predicted octanol–water partition coefficient (Wildman–Crippen LogP) is 2.38. The van der Waals surface area contributed by atoms with E-state index in [0.717, 1.165) is 0 Å². The molecule has 2 N–H and O–H groups in total. The Morgan fingerprint density at radius 1 is 1.19 bits per heavy atom. The van der Waals surface area contributed by atoms with Gasteiger partial charge in [0.15, 0.2) is 11.5 Å². The molecule has 0 saturated carbocycles. The molecule has 0 aliphatic carbocycles.